The fraction of sp³-hybridized carbons (Fsp3) is 0.533. The van der Waals surface area contributed by atoms with Crippen LogP contribution in [0.4, 0.5) is 5.69 Å². The SMILES string of the molecule is CC(N)(C#N)CCN1CCCCc2ccccc21. The number of rotatable bonds is 3. The molecule has 3 nitrogen and oxygen atoms in total. The molecule has 1 unspecified atom stereocenters. The van der Waals surface area contributed by atoms with Crippen molar-refractivity contribution < 1.29 is 0 Å². The number of hydrogen-bond acceptors (Lipinski definition) is 3. The van der Waals surface area contributed by atoms with Crippen molar-refractivity contribution >= 4 is 5.69 Å². The van der Waals surface area contributed by atoms with Crippen LogP contribution >= 0.6 is 0 Å². The van der Waals surface area contributed by atoms with Crippen molar-refractivity contribution in [3.05, 3.63) is 29.8 Å². The van der Waals surface area contributed by atoms with Crippen molar-refractivity contribution in [1.29, 1.82) is 5.26 Å². The highest BCUT2D eigenvalue weighted by Crippen LogP contribution is 2.26. The Bertz CT molecular complexity index is 445. The summed E-state index contributed by atoms with van der Waals surface area (Å²) in [5.74, 6) is 0. The standard InChI is InChI=1S/C15H21N3/c1-15(17,12-16)9-11-18-10-5-4-7-13-6-2-3-8-14(13)18/h2-3,6,8H,4-5,7,9-11,17H2,1H3. The molecule has 1 aliphatic heterocycles. The lowest BCUT2D eigenvalue weighted by Crippen LogP contribution is -2.39. The van der Waals surface area contributed by atoms with Crippen molar-refractivity contribution in [2.45, 2.75) is 38.1 Å². The number of nitrogens with zero attached hydrogens (tertiary/aromatic N) is 2. The monoisotopic (exact) mass is 243 g/mol. The van der Waals surface area contributed by atoms with Crippen LogP contribution in [0.5, 0.6) is 0 Å². The maximum atomic E-state index is 8.98. The van der Waals surface area contributed by atoms with Crippen molar-refractivity contribution in [2.24, 2.45) is 5.73 Å². The van der Waals surface area contributed by atoms with Gasteiger partial charge in [0.25, 0.3) is 0 Å². The lowest BCUT2D eigenvalue weighted by molar-refractivity contribution is 0.535. The van der Waals surface area contributed by atoms with Crippen LogP contribution < -0.4 is 10.6 Å². The molecule has 3 heteroatoms. The molecule has 2 N–H and O–H groups in total. The van der Waals surface area contributed by atoms with E-state index in [2.05, 4.69) is 35.2 Å². The summed E-state index contributed by atoms with van der Waals surface area (Å²) < 4.78 is 0. The summed E-state index contributed by atoms with van der Waals surface area (Å²) >= 11 is 0. The van der Waals surface area contributed by atoms with Gasteiger partial charge in [0.15, 0.2) is 0 Å². The topological polar surface area (TPSA) is 53.1 Å². The number of anilines is 1. The van der Waals surface area contributed by atoms with E-state index < -0.39 is 5.54 Å². The second-order valence-corrected chi connectivity index (χ2v) is 5.35. The summed E-state index contributed by atoms with van der Waals surface area (Å²) in [4.78, 5) is 2.38. The van der Waals surface area contributed by atoms with Crippen molar-refractivity contribution in [3.8, 4) is 6.07 Å². The average Bonchev–Trinajstić information content (AvgIpc) is 2.59. The van der Waals surface area contributed by atoms with Crippen LogP contribution in [-0.4, -0.2) is 18.6 Å². The quantitative estimate of drug-likeness (QED) is 0.887. The first kappa shape index (κ1) is 12.9. The van der Waals surface area contributed by atoms with Gasteiger partial charge in [-0.1, -0.05) is 18.2 Å². The van der Waals surface area contributed by atoms with Crippen molar-refractivity contribution in [2.75, 3.05) is 18.0 Å². The largest absolute Gasteiger partial charge is 0.371 e. The van der Waals surface area contributed by atoms with E-state index in [1.54, 1.807) is 6.92 Å². The van der Waals surface area contributed by atoms with Gasteiger partial charge in [0.05, 0.1) is 6.07 Å². The summed E-state index contributed by atoms with van der Waals surface area (Å²) in [7, 11) is 0. The molecule has 1 heterocycles. The summed E-state index contributed by atoms with van der Waals surface area (Å²) in [6, 6.07) is 10.7. The Morgan fingerprint density at radius 1 is 1.39 bits per heavy atom. The van der Waals surface area contributed by atoms with Gasteiger partial charge in [-0.05, 0) is 44.2 Å². The number of para-hydroxylation sites is 1. The highest BCUT2D eigenvalue weighted by molar-refractivity contribution is 5.54. The number of benzene rings is 1. The maximum Gasteiger partial charge on any atom is 0.103 e. The molecule has 0 fully saturated rings. The van der Waals surface area contributed by atoms with E-state index in [-0.39, 0.29) is 0 Å². The molecule has 0 saturated heterocycles. The van der Waals surface area contributed by atoms with E-state index in [0.29, 0.717) is 6.42 Å². The Morgan fingerprint density at radius 3 is 2.94 bits per heavy atom. The van der Waals surface area contributed by atoms with Crippen LogP contribution in [0.15, 0.2) is 24.3 Å². The van der Waals surface area contributed by atoms with Gasteiger partial charge in [-0.25, -0.2) is 0 Å². The van der Waals surface area contributed by atoms with E-state index in [4.69, 9.17) is 11.0 Å². The van der Waals surface area contributed by atoms with Crippen LogP contribution in [0.3, 0.4) is 0 Å². The molecule has 0 amide bonds. The van der Waals surface area contributed by atoms with Gasteiger partial charge in [-0.3, -0.25) is 0 Å². The van der Waals surface area contributed by atoms with E-state index in [1.165, 1.54) is 24.1 Å². The molecular weight excluding hydrogens is 222 g/mol. The van der Waals surface area contributed by atoms with Crippen molar-refractivity contribution in [3.63, 3.8) is 0 Å². The molecule has 18 heavy (non-hydrogen) atoms. The molecule has 0 aliphatic carbocycles. The number of nitriles is 1. The first-order chi connectivity index (χ1) is 8.62. The third-order valence-electron chi connectivity index (χ3n) is 3.61. The van der Waals surface area contributed by atoms with E-state index >= 15 is 0 Å². The molecule has 2 rings (SSSR count). The zero-order valence-electron chi connectivity index (χ0n) is 11.0. The smallest absolute Gasteiger partial charge is 0.103 e. The van der Waals surface area contributed by atoms with Gasteiger partial charge in [0.1, 0.15) is 5.54 Å². The summed E-state index contributed by atoms with van der Waals surface area (Å²) in [6.07, 6.45) is 4.32. The van der Waals surface area contributed by atoms with Crippen molar-refractivity contribution in [1.82, 2.24) is 0 Å². The third-order valence-corrected chi connectivity index (χ3v) is 3.61. The van der Waals surface area contributed by atoms with Crippen LogP contribution in [0.25, 0.3) is 0 Å². The zero-order valence-corrected chi connectivity index (χ0v) is 11.0. The van der Waals surface area contributed by atoms with Gasteiger partial charge in [0, 0.05) is 18.8 Å². The van der Waals surface area contributed by atoms with Crippen LogP contribution in [0.2, 0.25) is 0 Å². The van der Waals surface area contributed by atoms with E-state index in [9.17, 15) is 0 Å². The minimum atomic E-state index is -0.721. The summed E-state index contributed by atoms with van der Waals surface area (Å²) in [5, 5.41) is 8.98. The fourth-order valence-electron chi connectivity index (χ4n) is 2.42. The first-order valence-corrected chi connectivity index (χ1v) is 6.65. The predicted octanol–water partition coefficient (Wildman–Crippen LogP) is 2.46. The Hall–Kier alpha value is -1.53. The second-order valence-electron chi connectivity index (χ2n) is 5.35. The van der Waals surface area contributed by atoms with Gasteiger partial charge < -0.3 is 10.6 Å². The van der Waals surface area contributed by atoms with E-state index in [0.717, 1.165) is 19.5 Å². The molecule has 0 bridgehead atoms. The molecule has 96 valence electrons. The Morgan fingerprint density at radius 2 is 2.17 bits per heavy atom. The molecule has 0 aromatic heterocycles. The lowest BCUT2D eigenvalue weighted by atomic mass is 10.0. The Labute approximate surface area is 109 Å². The molecule has 1 aliphatic rings. The van der Waals surface area contributed by atoms with Gasteiger partial charge in [-0.15, -0.1) is 0 Å². The minimum absolute atomic E-state index is 0.706. The summed E-state index contributed by atoms with van der Waals surface area (Å²) in [6.45, 7) is 3.73. The molecule has 0 saturated carbocycles. The normalized spacial score (nSPS) is 18.4. The predicted molar refractivity (Wildman–Crippen MR) is 74.4 cm³/mol. The maximum absolute atomic E-state index is 8.98. The fourth-order valence-corrected chi connectivity index (χ4v) is 2.42. The van der Waals surface area contributed by atoms with Crippen LogP contribution in [0, 0.1) is 11.3 Å². The summed E-state index contributed by atoms with van der Waals surface area (Å²) in [5.41, 5.74) is 7.93. The minimum Gasteiger partial charge on any atom is -0.371 e. The number of fused-ring (bicyclic) bond motifs is 1. The highest BCUT2D eigenvalue weighted by Gasteiger charge is 2.21. The van der Waals surface area contributed by atoms with E-state index in [1.807, 2.05) is 0 Å². The third kappa shape index (κ3) is 3.02. The molecule has 1 aromatic carbocycles. The zero-order chi connectivity index (χ0) is 13.0. The Balaban J connectivity index is 2.11. The molecule has 1 aromatic rings. The van der Waals surface area contributed by atoms with Gasteiger partial charge >= 0.3 is 0 Å². The Kier molecular flexibility index (Phi) is 3.88. The second kappa shape index (κ2) is 5.41. The van der Waals surface area contributed by atoms with Crippen LogP contribution in [-0.2, 0) is 6.42 Å². The molecule has 0 radical (unpaired) electrons. The number of hydrogen-bond donors (Lipinski definition) is 1. The lowest BCUT2D eigenvalue weighted by Gasteiger charge is -2.27. The van der Waals surface area contributed by atoms with Gasteiger partial charge in [-0.2, -0.15) is 5.26 Å². The first-order valence-electron chi connectivity index (χ1n) is 6.65. The number of nitrogens with two attached hydrogens (primary N) is 1. The molecular formula is C15H21N3. The van der Waals surface area contributed by atoms with Crippen LogP contribution in [0.1, 0.15) is 31.7 Å². The molecule has 0 spiro atoms. The van der Waals surface area contributed by atoms with Gasteiger partial charge in [0.2, 0.25) is 0 Å². The molecule has 1 atom stereocenters. The highest BCUT2D eigenvalue weighted by atomic mass is 15.1. The number of aryl methyl sites for hydroxylation is 1. The average molecular weight is 243 g/mol.